The number of aryl methyl sites for hydroxylation is 1. The smallest absolute Gasteiger partial charge is 0.253 e. The molecule has 0 radical (unpaired) electrons. The van der Waals surface area contributed by atoms with Crippen molar-refractivity contribution in [3.63, 3.8) is 0 Å². The molecule has 1 aromatic rings. The summed E-state index contributed by atoms with van der Waals surface area (Å²) in [6, 6.07) is 6.09. The van der Waals surface area contributed by atoms with Gasteiger partial charge in [-0.2, -0.15) is 0 Å². The highest BCUT2D eigenvalue weighted by molar-refractivity contribution is 6.00. The van der Waals surface area contributed by atoms with Gasteiger partial charge < -0.3 is 15.4 Å². The molecule has 0 saturated heterocycles. The van der Waals surface area contributed by atoms with Crippen LogP contribution in [0, 0.1) is 6.92 Å². The average molecular weight is 290 g/mol. The summed E-state index contributed by atoms with van der Waals surface area (Å²) in [5, 5.41) is 6.47. The summed E-state index contributed by atoms with van der Waals surface area (Å²) in [6.45, 7) is 4.99. The Morgan fingerprint density at radius 2 is 2.19 bits per heavy atom. The molecule has 1 saturated carbocycles. The zero-order chi connectivity index (χ0) is 15.2. The fourth-order valence-electron chi connectivity index (χ4n) is 2.88. The second-order valence-electron chi connectivity index (χ2n) is 5.76. The van der Waals surface area contributed by atoms with Crippen LogP contribution >= 0.6 is 0 Å². The molecule has 0 bridgehead atoms. The molecular weight excluding hydrogens is 264 g/mol. The van der Waals surface area contributed by atoms with Crippen molar-refractivity contribution in [3.05, 3.63) is 29.3 Å². The molecule has 1 aliphatic carbocycles. The summed E-state index contributed by atoms with van der Waals surface area (Å²) >= 11 is 0. The number of carbonyl (C=O) groups excluding carboxylic acids is 1. The highest BCUT2D eigenvalue weighted by Gasteiger charge is 2.29. The first-order valence-electron chi connectivity index (χ1n) is 7.84. The van der Waals surface area contributed by atoms with Gasteiger partial charge in [-0.25, -0.2) is 0 Å². The van der Waals surface area contributed by atoms with E-state index in [2.05, 4.69) is 17.6 Å². The summed E-state index contributed by atoms with van der Waals surface area (Å²) in [4.78, 5) is 12.6. The molecule has 1 aliphatic rings. The van der Waals surface area contributed by atoms with Gasteiger partial charge in [0, 0.05) is 19.3 Å². The van der Waals surface area contributed by atoms with E-state index in [1.807, 2.05) is 25.1 Å². The lowest BCUT2D eigenvalue weighted by molar-refractivity contribution is 0.0722. The lowest BCUT2D eigenvalue weighted by atomic mass is 10.1. The number of benzene rings is 1. The SMILES string of the molecule is CCCNc1ccc(C)cc1C(=O)NC1CCCC1OC. The number of methoxy groups -OCH3 is 1. The molecular formula is C17H26N2O2. The molecule has 1 aromatic carbocycles. The summed E-state index contributed by atoms with van der Waals surface area (Å²) in [5.74, 6) is -0.00810. The summed E-state index contributed by atoms with van der Waals surface area (Å²) in [5.41, 5.74) is 2.73. The van der Waals surface area contributed by atoms with Gasteiger partial charge in [-0.3, -0.25) is 4.79 Å². The first-order valence-corrected chi connectivity index (χ1v) is 7.84. The molecule has 1 amide bonds. The molecule has 2 rings (SSSR count). The van der Waals surface area contributed by atoms with Gasteiger partial charge in [0.25, 0.3) is 5.91 Å². The maximum Gasteiger partial charge on any atom is 0.253 e. The van der Waals surface area contributed by atoms with Gasteiger partial charge in [-0.15, -0.1) is 0 Å². The van der Waals surface area contributed by atoms with Crippen LogP contribution in [0.4, 0.5) is 5.69 Å². The normalized spacial score (nSPS) is 21.3. The van der Waals surface area contributed by atoms with Crippen LogP contribution in [0.2, 0.25) is 0 Å². The van der Waals surface area contributed by atoms with Crippen LogP contribution in [0.1, 0.15) is 48.5 Å². The Morgan fingerprint density at radius 1 is 1.38 bits per heavy atom. The third-order valence-corrected chi connectivity index (χ3v) is 4.06. The van der Waals surface area contributed by atoms with E-state index >= 15 is 0 Å². The largest absolute Gasteiger partial charge is 0.384 e. The number of hydrogen-bond donors (Lipinski definition) is 2. The van der Waals surface area contributed by atoms with Crippen LogP contribution in [-0.2, 0) is 4.74 Å². The first-order chi connectivity index (χ1) is 10.2. The molecule has 0 heterocycles. The lowest BCUT2D eigenvalue weighted by Gasteiger charge is -2.21. The van der Waals surface area contributed by atoms with E-state index in [4.69, 9.17) is 4.74 Å². The van der Waals surface area contributed by atoms with Crippen molar-refractivity contribution < 1.29 is 9.53 Å². The van der Waals surface area contributed by atoms with E-state index in [-0.39, 0.29) is 18.1 Å². The minimum Gasteiger partial charge on any atom is -0.384 e. The number of nitrogens with one attached hydrogen (secondary N) is 2. The van der Waals surface area contributed by atoms with Crippen LogP contribution in [-0.4, -0.2) is 31.7 Å². The molecule has 2 unspecified atom stereocenters. The Bertz CT molecular complexity index is 488. The number of amides is 1. The minimum atomic E-state index is -0.00810. The van der Waals surface area contributed by atoms with E-state index in [0.29, 0.717) is 0 Å². The second kappa shape index (κ2) is 7.46. The maximum absolute atomic E-state index is 12.6. The van der Waals surface area contributed by atoms with Gasteiger partial charge >= 0.3 is 0 Å². The predicted octanol–water partition coefficient (Wildman–Crippen LogP) is 3.11. The van der Waals surface area contributed by atoms with Crippen LogP contribution < -0.4 is 10.6 Å². The van der Waals surface area contributed by atoms with Crippen LogP contribution in [0.5, 0.6) is 0 Å². The number of rotatable bonds is 6. The quantitative estimate of drug-likeness (QED) is 0.846. The van der Waals surface area contributed by atoms with Crippen molar-refractivity contribution in [2.75, 3.05) is 19.0 Å². The molecule has 0 aliphatic heterocycles. The van der Waals surface area contributed by atoms with E-state index < -0.39 is 0 Å². The number of ether oxygens (including phenoxy) is 1. The van der Waals surface area contributed by atoms with Crippen molar-refractivity contribution in [3.8, 4) is 0 Å². The molecule has 21 heavy (non-hydrogen) atoms. The molecule has 1 fully saturated rings. The van der Waals surface area contributed by atoms with Gasteiger partial charge in [0.2, 0.25) is 0 Å². The minimum absolute atomic E-state index is 0.00810. The van der Waals surface area contributed by atoms with Crippen molar-refractivity contribution in [1.82, 2.24) is 5.32 Å². The average Bonchev–Trinajstić information content (AvgIpc) is 2.93. The summed E-state index contributed by atoms with van der Waals surface area (Å²) < 4.78 is 5.45. The predicted molar refractivity (Wildman–Crippen MR) is 85.9 cm³/mol. The van der Waals surface area contributed by atoms with Crippen LogP contribution in [0.3, 0.4) is 0 Å². The monoisotopic (exact) mass is 290 g/mol. The third kappa shape index (κ3) is 3.97. The highest BCUT2D eigenvalue weighted by Crippen LogP contribution is 2.23. The molecule has 4 nitrogen and oxygen atoms in total. The van der Waals surface area contributed by atoms with E-state index in [1.54, 1.807) is 7.11 Å². The fourth-order valence-corrected chi connectivity index (χ4v) is 2.88. The third-order valence-electron chi connectivity index (χ3n) is 4.06. The van der Waals surface area contributed by atoms with Gasteiger partial charge in [0.15, 0.2) is 0 Å². The van der Waals surface area contributed by atoms with Crippen molar-refractivity contribution in [1.29, 1.82) is 0 Å². The molecule has 116 valence electrons. The first kappa shape index (κ1) is 15.8. The van der Waals surface area contributed by atoms with Gasteiger partial charge in [-0.1, -0.05) is 18.6 Å². The number of hydrogen-bond acceptors (Lipinski definition) is 3. The van der Waals surface area contributed by atoms with Gasteiger partial charge in [0.1, 0.15) is 0 Å². The van der Waals surface area contributed by atoms with Crippen molar-refractivity contribution >= 4 is 11.6 Å². The van der Waals surface area contributed by atoms with Gasteiger partial charge in [0.05, 0.1) is 17.7 Å². The number of carbonyl (C=O) groups is 1. The molecule has 2 atom stereocenters. The Hall–Kier alpha value is -1.55. The van der Waals surface area contributed by atoms with E-state index in [1.165, 1.54) is 0 Å². The summed E-state index contributed by atoms with van der Waals surface area (Å²) in [6.07, 6.45) is 4.30. The lowest BCUT2D eigenvalue weighted by Crippen LogP contribution is -2.41. The molecule has 0 spiro atoms. The van der Waals surface area contributed by atoms with Crippen molar-refractivity contribution in [2.24, 2.45) is 0 Å². The van der Waals surface area contributed by atoms with Gasteiger partial charge in [-0.05, 0) is 44.7 Å². The topological polar surface area (TPSA) is 50.4 Å². The Labute approximate surface area is 127 Å². The molecule has 0 aromatic heterocycles. The van der Waals surface area contributed by atoms with E-state index in [9.17, 15) is 4.79 Å². The zero-order valence-corrected chi connectivity index (χ0v) is 13.2. The zero-order valence-electron chi connectivity index (χ0n) is 13.2. The standard InChI is InChI=1S/C17H26N2O2/c1-4-10-18-14-9-8-12(2)11-13(14)17(20)19-15-6-5-7-16(15)21-3/h8-9,11,15-16,18H,4-7,10H2,1-3H3,(H,19,20). The summed E-state index contributed by atoms with van der Waals surface area (Å²) in [7, 11) is 1.72. The molecule has 2 N–H and O–H groups in total. The highest BCUT2D eigenvalue weighted by atomic mass is 16.5. The number of anilines is 1. The Morgan fingerprint density at radius 3 is 2.90 bits per heavy atom. The Balaban J connectivity index is 2.12. The Kier molecular flexibility index (Phi) is 5.62. The van der Waals surface area contributed by atoms with Crippen LogP contribution in [0.15, 0.2) is 18.2 Å². The van der Waals surface area contributed by atoms with E-state index in [0.717, 1.165) is 49.0 Å². The second-order valence-corrected chi connectivity index (χ2v) is 5.76. The molecule has 4 heteroatoms. The maximum atomic E-state index is 12.6. The fraction of sp³-hybridized carbons (Fsp3) is 0.588. The van der Waals surface area contributed by atoms with Crippen molar-refractivity contribution in [2.45, 2.75) is 51.7 Å². The van der Waals surface area contributed by atoms with Crippen LogP contribution in [0.25, 0.3) is 0 Å².